The largest absolute Gasteiger partial charge is 0.354 e. The van der Waals surface area contributed by atoms with Gasteiger partial charge in [-0.25, -0.2) is 0 Å². The summed E-state index contributed by atoms with van der Waals surface area (Å²) in [5, 5.41) is 3.15. The Bertz CT molecular complexity index is 379. The maximum atomic E-state index is 4.48. The van der Waals surface area contributed by atoms with Gasteiger partial charge in [-0.15, -0.1) is 0 Å². The predicted molar refractivity (Wildman–Crippen MR) is 81.1 cm³/mol. The molecule has 6 heteroatoms. The van der Waals surface area contributed by atoms with E-state index in [1.165, 1.54) is 12.8 Å². The Morgan fingerprint density at radius 1 is 0.947 bits per heavy atom. The van der Waals surface area contributed by atoms with Crippen LogP contribution >= 0.6 is 0 Å². The first-order chi connectivity index (χ1) is 9.08. The summed E-state index contributed by atoms with van der Waals surface area (Å²) in [5.74, 6) is 2.05. The van der Waals surface area contributed by atoms with Gasteiger partial charge in [0.15, 0.2) is 0 Å². The molecule has 0 amide bonds. The molecule has 0 saturated carbocycles. The summed E-state index contributed by atoms with van der Waals surface area (Å²) >= 11 is 0. The van der Waals surface area contributed by atoms with Gasteiger partial charge in [0.2, 0.25) is 17.8 Å². The highest BCUT2D eigenvalue weighted by molar-refractivity contribution is 5.43. The normalized spacial score (nSPS) is 10.4. The second kappa shape index (κ2) is 7.76. The molecule has 0 atom stereocenters. The molecule has 0 aliphatic heterocycles. The fourth-order valence-electron chi connectivity index (χ4n) is 1.66. The van der Waals surface area contributed by atoms with Crippen molar-refractivity contribution in [2.75, 3.05) is 49.3 Å². The SMILES string of the molecule is CCCCCN(C)c1nc(NCC)nc(N(C)C)n1. The molecule has 108 valence electrons. The molecule has 0 fully saturated rings. The monoisotopic (exact) mass is 266 g/mol. The molecule has 0 unspecified atom stereocenters. The zero-order valence-electron chi connectivity index (χ0n) is 12.8. The van der Waals surface area contributed by atoms with E-state index in [9.17, 15) is 0 Å². The Labute approximate surface area is 116 Å². The molecule has 0 radical (unpaired) electrons. The van der Waals surface area contributed by atoms with Crippen LogP contribution in [0.25, 0.3) is 0 Å². The first-order valence-corrected chi connectivity index (χ1v) is 6.96. The topological polar surface area (TPSA) is 57.2 Å². The van der Waals surface area contributed by atoms with Crippen LogP contribution in [0.5, 0.6) is 0 Å². The molecular weight excluding hydrogens is 240 g/mol. The van der Waals surface area contributed by atoms with Crippen LogP contribution in [-0.4, -0.2) is 49.2 Å². The van der Waals surface area contributed by atoms with E-state index >= 15 is 0 Å². The molecule has 1 aromatic heterocycles. The summed E-state index contributed by atoms with van der Waals surface area (Å²) in [6, 6.07) is 0. The summed E-state index contributed by atoms with van der Waals surface area (Å²) in [4.78, 5) is 17.3. The number of rotatable bonds is 8. The van der Waals surface area contributed by atoms with E-state index in [2.05, 4.69) is 32.1 Å². The van der Waals surface area contributed by atoms with Gasteiger partial charge in [-0.1, -0.05) is 19.8 Å². The molecular formula is C13H26N6. The number of nitrogens with zero attached hydrogens (tertiary/aromatic N) is 5. The highest BCUT2D eigenvalue weighted by atomic mass is 15.3. The minimum atomic E-state index is 0.638. The van der Waals surface area contributed by atoms with Gasteiger partial charge in [-0.3, -0.25) is 0 Å². The van der Waals surface area contributed by atoms with Crippen molar-refractivity contribution in [3.8, 4) is 0 Å². The van der Waals surface area contributed by atoms with Crippen molar-refractivity contribution in [2.24, 2.45) is 0 Å². The molecule has 1 N–H and O–H groups in total. The average molecular weight is 266 g/mol. The van der Waals surface area contributed by atoms with Crippen molar-refractivity contribution in [1.29, 1.82) is 0 Å². The van der Waals surface area contributed by atoms with Gasteiger partial charge in [-0.2, -0.15) is 15.0 Å². The Morgan fingerprint density at radius 2 is 1.63 bits per heavy atom. The van der Waals surface area contributed by atoms with Crippen LogP contribution in [0.15, 0.2) is 0 Å². The highest BCUT2D eigenvalue weighted by Crippen LogP contribution is 2.14. The summed E-state index contributed by atoms with van der Waals surface area (Å²) < 4.78 is 0. The van der Waals surface area contributed by atoms with Crippen LogP contribution in [0.2, 0.25) is 0 Å². The molecule has 0 spiro atoms. The van der Waals surface area contributed by atoms with Crippen LogP contribution in [0.1, 0.15) is 33.1 Å². The minimum absolute atomic E-state index is 0.638. The van der Waals surface area contributed by atoms with E-state index in [1.54, 1.807) is 0 Å². The van der Waals surface area contributed by atoms with Gasteiger partial charge in [0.05, 0.1) is 0 Å². The number of hydrogen-bond donors (Lipinski definition) is 1. The van der Waals surface area contributed by atoms with Crippen molar-refractivity contribution < 1.29 is 0 Å². The molecule has 1 aromatic rings. The summed E-state index contributed by atoms with van der Waals surface area (Å²) in [6.45, 7) is 6.01. The molecule has 6 nitrogen and oxygen atoms in total. The maximum Gasteiger partial charge on any atom is 0.231 e. The third-order valence-corrected chi connectivity index (χ3v) is 2.79. The Morgan fingerprint density at radius 3 is 2.21 bits per heavy atom. The van der Waals surface area contributed by atoms with E-state index in [1.807, 2.05) is 33.0 Å². The van der Waals surface area contributed by atoms with Gasteiger partial charge in [0, 0.05) is 34.2 Å². The fraction of sp³-hybridized carbons (Fsp3) is 0.769. The van der Waals surface area contributed by atoms with Gasteiger partial charge in [-0.05, 0) is 13.3 Å². The van der Waals surface area contributed by atoms with Crippen molar-refractivity contribution >= 4 is 17.8 Å². The number of aromatic nitrogens is 3. The Kier molecular flexibility index (Phi) is 6.32. The van der Waals surface area contributed by atoms with E-state index in [0.717, 1.165) is 25.5 Å². The maximum absolute atomic E-state index is 4.48. The van der Waals surface area contributed by atoms with Gasteiger partial charge in [0.1, 0.15) is 0 Å². The van der Waals surface area contributed by atoms with Gasteiger partial charge >= 0.3 is 0 Å². The number of hydrogen-bond acceptors (Lipinski definition) is 6. The van der Waals surface area contributed by atoms with E-state index in [-0.39, 0.29) is 0 Å². The molecule has 0 aromatic carbocycles. The van der Waals surface area contributed by atoms with Crippen molar-refractivity contribution in [1.82, 2.24) is 15.0 Å². The van der Waals surface area contributed by atoms with Crippen LogP contribution in [0.4, 0.5) is 17.8 Å². The zero-order chi connectivity index (χ0) is 14.3. The first kappa shape index (κ1) is 15.5. The molecule has 0 saturated heterocycles. The second-order valence-corrected chi connectivity index (χ2v) is 4.81. The van der Waals surface area contributed by atoms with E-state index < -0.39 is 0 Å². The lowest BCUT2D eigenvalue weighted by molar-refractivity contribution is 0.694. The smallest absolute Gasteiger partial charge is 0.231 e. The number of unbranched alkanes of at least 4 members (excludes halogenated alkanes) is 2. The summed E-state index contributed by atoms with van der Waals surface area (Å²) in [5.41, 5.74) is 0. The van der Waals surface area contributed by atoms with E-state index in [0.29, 0.717) is 11.9 Å². The van der Waals surface area contributed by atoms with Crippen LogP contribution in [-0.2, 0) is 0 Å². The molecule has 0 aliphatic rings. The molecule has 0 bridgehead atoms. The fourth-order valence-corrected chi connectivity index (χ4v) is 1.66. The lowest BCUT2D eigenvalue weighted by Crippen LogP contribution is -2.24. The van der Waals surface area contributed by atoms with Gasteiger partial charge < -0.3 is 15.1 Å². The quantitative estimate of drug-likeness (QED) is 0.726. The zero-order valence-corrected chi connectivity index (χ0v) is 12.8. The summed E-state index contributed by atoms with van der Waals surface area (Å²) in [7, 11) is 5.90. The molecule has 19 heavy (non-hydrogen) atoms. The first-order valence-electron chi connectivity index (χ1n) is 6.96. The standard InChI is InChI=1S/C13H26N6/c1-6-8-9-10-19(5)13-16-11(14-7-2)15-12(17-13)18(3)4/h6-10H2,1-5H3,(H,14,15,16,17). The van der Waals surface area contributed by atoms with Crippen LogP contribution < -0.4 is 15.1 Å². The van der Waals surface area contributed by atoms with Crippen molar-refractivity contribution in [3.63, 3.8) is 0 Å². The van der Waals surface area contributed by atoms with Crippen LogP contribution in [0.3, 0.4) is 0 Å². The second-order valence-electron chi connectivity index (χ2n) is 4.81. The number of anilines is 3. The Hall–Kier alpha value is -1.59. The van der Waals surface area contributed by atoms with Crippen LogP contribution in [0, 0.1) is 0 Å². The average Bonchev–Trinajstić information content (AvgIpc) is 2.39. The number of nitrogens with one attached hydrogen (secondary N) is 1. The lowest BCUT2D eigenvalue weighted by atomic mass is 10.2. The highest BCUT2D eigenvalue weighted by Gasteiger charge is 2.10. The van der Waals surface area contributed by atoms with Gasteiger partial charge in [0.25, 0.3) is 0 Å². The third-order valence-electron chi connectivity index (χ3n) is 2.79. The Balaban J connectivity index is 2.85. The molecule has 1 heterocycles. The molecule has 0 aliphatic carbocycles. The van der Waals surface area contributed by atoms with Crippen molar-refractivity contribution in [3.05, 3.63) is 0 Å². The summed E-state index contributed by atoms with van der Waals surface area (Å²) in [6.07, 6.45) is 3.61. The minimum Gasteiger partial charge on any atom is -0.354 e. The van der Waals surface area contributed by atoms with Crippen molar-refractivity contribution in [2.45, 2.75) is 33.1 Å². The molecule has 1 rings (SSSR count). The van der Waals surface area contributed by atoms with E-state index in [4.69, 9.17) is 0 Å². The lowest BCUT2D eigenvalue weighted by Gasteiger charge is -2.19. The predicted octanol–water partition coefficient (Wildman–Crippen LogP) is 2.00. The third kappa shape index (κ3) is 4.89.